The molecule has 1 N–H and O–H groups in total. The van der Waals surface area contributed by atoms with E-state index in [1.807, 2.05) is 13.2 Å². The van der Waals surface area contributed by atoms with Crippen molar-refractivity contribution in [1.82, 2.24) is 20.3 Å². The minimum absolute atomic E-state index is 0.319. The molecule has 4 nitrogen and oxygen atoms in total. The van der Waals surface area contributed by atoms with Crippen LogP contribution >= 0.6 is 11.3 Å². The Balaban J connectivity index is 2.28. The molecule has 0 radical (unpaired) electrons. The first-order valence-electron chi connectivity index (χ1n) is 4.71. The second-order valence-electron chi connectivity index (χ2n) is 3.15. The Morgan fingerprint density at radius 3 is 2.67 bits per heavy atom. The molecule has 0 spiro atoms. The van der Waals surface area contributed by atoms with E-state index < -0.39 is 0 Å². The van der Waals surface area contributed by atoms with E-state index in [1.54, 1.807) is 29.8 Å². The van der Waals surface area contributed by atoms with Crippen LogP contribution in [0.1, 0.15) is 17.8 Å². The van der Waals surface area contributed by atoms with Gasteiger partial charge in [-0.25, -0.2) is 15.0 Å². The molecule has 1 atom stereocenters. The summed E-state index contributed by atoms with van der Waals surface area (Å²) >= 11 is 1.62. The van der Waals surface area contributed by atoms with E-state index in [1.165, 1.54) is 4.88 Å². The zero-order valence-electron chi connectivity index (χ0n) is 8.64. The summed E-state index contributed by atoms with van der Waals surface area (Å²) in [6.45, 7) is 2.10. The summed E-state index contributed by atoms with van der Waals surface area (Å²) in [7, 11) is 1.93. The molecule has 15 heavy (non-hydrogen) atoms. The second-order valence-corrected chi connectivity index (χ2v) is 4.21. The molecule has 1 unspecified atom stereocenters. The molecule has 0 saturated carbocycles. The Bertz CT molecular complexity index is 426. The van der Waals surface area contributed by atoms with E-state index in [4.69, 9.17) is 0 Å². The number of aromatic nitrogens is 3. The highest BCUT2D eigenvalue weighted by molar-refractivity contribution is 7.15. The number of hydrogen-bond acceptors (Lipinski definition) is 5. The SMILES string of the molecule is CNC(C)c1cnc(-c2ncccn2)s1. The summed E-state index contributed by atoms with van der Waals surface area (Å²) in [5.41, 5.74) is 0. The summed E-state index contributed by atoms with van der Waals surface area (Å²) in [4.78, 5) is 13.8. The maximum atomic E-state index is 4.31. The fraction of sp³-hybridized carbons (Fsp3) is 0.300. The van der Waals surface area contributed by atoms with Crippen LogP contribution in [0.25, 0.3) is 10.8 Å². The monoisotopic (exact) mass is 220 g/mol. The molecule has 0 aliphatic carbocycles. The lowest BCUT2D eigenvalue weighted by molar-refractivity contribution is 0.662. The van der Waals surface area contributed by atoms with Crippen molar-refractivity contribution in [2.24, 2.45) is 0 Å². The smallest absolute Gasteiger partial charge is 0.188 e. The quantitative estimate of drug-likeness (QED) is 0.858. The number of hydrogen-bond donors (Lipinski definition) is 1. The zero-order valence-corrected chi connectivity index (χ0v) is 9.45. The fourth-order valence-corrected chi connectivity index (χ4v) is 2.07. The van der Waals surface area contributed by atoms with Crippen LogP contribution in [0.2, 0.25) is 0 Å². The molecule has 78 valence electrons. The van der Waals surface area contributed by atoms with Gasteiger partial charge in [-0.15, -0.1) is 11.3 Å². The topological polar surface area (TPSA) is 50.7 Å². The highest BCUT2D eigenvalue weighted by Crippen LogP contribution is 2.25. The Morgan fingerprint density at radius 2 is 2.00 bits per heavy atom. The van der Waals surface area contributed by atoms with Crippen LogP contribution in [0, 0.1) is 0 Å². The molecule has 0 saturated heterocycles. The summed E-state index contributed by atoms with van der Waals surface area (Å²) < 4.78 is 0. The third-order valence-electron chi connectivity index (χ3n) is 2.14. The minimum Gasteiger partial charge on any atom is -0.312 e. The molecule has 2 heterocycles. The molecule has 2 aromatic heterocycles. The number of rotatable bonds is 3. The van der Waals surface area contributed by atoms with Gasteiger partial charge < -0.3 is 5.32 Å². The Kier molecular flexibility index (Phi) is 3.03. The molecule has 0 aliphatic rings. The van der Waals surface area contributed by atoms with Gasteiger partial charge in [0.15, 0.2) is 10.8 Å². The van der Waals surface area contributed by atoms with Crippen LogP contribution in [0.4, 0.5) is 0 Å². The predicted molar refractivity (Wildman–Crippen MR) is 60.6 cm³/mol. The molecule has 0 fully saturated rings. The van der Waals surface area contributed by atoms with Crippen LogP contribution in [0.5, 0.6) is 0 Å². The molecule has 2 rings (SSSR count). The van der Waals surface area contributed by atoms with E-state index >= 15 is 0 Å². The number of nitrogens with one attached hydrogen (secondary N) is 1. The van der Waals surface area contributed by atoms with E-state index in [0.29, 0.717) is 11.9 Å². The first kappa shape index (κ1) is 10.2. The van der Waals surface area contributed by atoms with Crippen molar-refractivity contribution in [3.05, 3.63) is 29.5 Å². The van der Waals surface area contributed by atoms with Gasteiger partial charge in [0, 0.05) is 29.5 Å². The summed E-state index contributed by atoms with van der Waals surface area (Å²) in [6, 6.07) is 2.12. The second kappa shape index (κ2) is 4.46. The highest BCUT2D eigenvalue weighted by atomic mass is 32.1. The van der Waals surface area contributed by atoms with Gasteiger partial charge in [0.1, 0.15) is 0 Å². The minimum atomic E-state index is 0.319. The Labute approximate surface area is 92.4 Å². The Hall–Kier alpha value is -1.33. The van der Waals surface area contributed by atoms with Crippen molar-refractivity contribution < 1.29 is 0 Å². The van der Waals surface area contributed by atoms with E-state index in [-0.39, 0.29) is 0 Å². The third-order valence-corrected chi connectivity index (χ3v) is 3.32. The summed E-state index contributed by atoms with van der Waals surface area (Å²) in [5, 5.41) is 4.04. The lowest BCUT2D eigenvalue weighted by Crippen LogP contribution is -2.10. The molecular weight excluding hydrogens is 208 g/mol. The van der Waals surface area contributed by atoms with Gasteiger partial charge in [0.05, 0.1) is 0 Å². The molecular formula is C10H12N4S. The number of nitrogens with zero attached hydrogens (tertiary/aromatic N) is 3. The van der Waals surface area contributed by atoms with Crippen LogP contribution in [0.15, 0.2) is 24.7 Å². The lowest BCUT2D eigenvalue weighted by atomic mass is 10.3. The average Bonchev–Trinajstić information content (AvgIpc) is 2.78. The molecule has 0 aliphatic heterocycles. The first-order valence-corrected chi connectivity index (χ1v) is 5.53. The van der Waals surface area contributed by atoms with Gasteiger partial charge in [-0.05, 0) is 20.0 Å². The molecule has 0 aromatic carbocycles. The largest absolute Gasteiger partial charge is 0.312 e. The third kappa shape index (κ3) is 2.19. The normalized spacial score (nSPS) is 12.7. The van der Waals surface area contributed by atoms with Crippen LogP contribution in [-0.2, 0) is 0 Å². The van der Waals surface area contributed by atoms with Gasteiger partial charge in [0.25, 0.3) is 0 Å². The molecule has 0 amide bonds. The highest BCUT2D eigenvalue weighted by Gasteiger charge is 2.10. The maximum Gasteiger partial charge on any atom is 0.188 e. The summed E-state index contributed by atoms with van der Waals surface area (Å²) in [5.74, 6) is 0.692. The predicted octanol–water partition coefficient (Wildman–Crippen LogP) is 1.88. The van der Waals surface area contributed by atoms with Crippen LogP contribution in [0.3, 0.4) is 0 Å². The molecule has 0 bridgehead atoms. The van der Waals surface area contributed by atoms with Crippen molar-refractivity contribution in [2.75, 3.05) is 7.05 Å². The standard InChI is InChI=1S/C10H12N4S/c1-7(11-2)8-6-14-10(15-8)9-12-4-3-5-13-9/h3-7,11H,1-2H3. The van der Waals surface area contributed by atoms with Crippen molar-refractivity contribution in [3.8, 4) is 10.8 Å². The van der Waals surface area contributed by atoms with Crippen molar-refractivity contribution in [3.63, 3.8) is 0 Å². The van der Waals surface area contributed by atoms with Crippen molar-refractivity contribution in [1.29, 1.82) is 0 Å². The van der Waals surface area contributed by atoms with Gasteiger partial charge in [0.2, 0.25) is 0 Å². The number of thiazole rings is 1. The van der Waals surface area contributed by atoms with E-state index in [0.717, 1.165) is 5.01 Å². The van der Waals surface area contributed by atoms with Crippen molar-refractivity contribution in [2.45, 2.75) is 13.0 Å². The Morgan fingerprint density at radius 1 is 1.27 bits per heavy atom. The van der Waals surface area contributed by atoms with Crippen LogP contribution in [-0.4, -0.2) is 22.0 Å². The van der Waals surface area contributed by atoms with Crippen LogP contribution < -0.4 is 5.32 Å². The first-order chi connectivity index (χ1) is 7.31. The molecule has 2 aromatic rings. The molecule has 5 heteroatoms. The van der Waals surface area contributed by atoms with E-state index in [9.17, 15) is 0 Å². The zero-order chi connectivity index (χ0) is 10.7. The van der Waals surface area contributed by atoms with E-state index in [2.05, 4.69) is 27.2 Å². The van der Waals surface area contributed by atoms with Gasteiger partial charge in [-0.2, -0.15) is 0 Å². The van der Waals surface area contributed by atoms with Gasteiger partial charge >= 0.3 is 0 Å². The lowest BCUT2D eigenvalue weighted by Gasteiger charge is -2.04. The fourth-order valence-electron chi connectivity index (χ4n) is 1.14. The van der Waals surface area contributed by atoms with Gasteiger partial charge in [-0.1, -0.05) is 0 Å². The van der Waals surface area contributed by atoms with Crippen molar-refractivity contribution >= 4 is 11.3 Å². The maximum absolute atomic E-state index is 4.31. The average molecular weight is 220 g/mol. The summed E-state index contributed by atoms with van der Waals surface area (Å²) in [6.07, 6.45) is 5.33. The van der Waals surface area contributed by atoms with Gasteiger partial charge in [-0.3, -0.25) is 0 Å².